The lowest BCUT2D eigenvalue weighted by molar-refractivity contribution is -0.221. The van der Waals surface area contributed by atoms with Crippen molar-refractivity contribution in [3.63, 3.8) is 0 Å². The lowest BCUT2D eigenvalue weighted by Crippen LogP contribution is -2.62. The van der Waals surface area contributed by atoms with Gasteiger partial charge in [0, 0.05) is 34.3 Å². The zero-order valence-electron chi connectivity index (χ0n) is 52.5. The molecule has 1 atom stereocenters. The van der Waals surface area contributed by atoms with E-state index in [-0.39, 0.29) is 52.4 Å². The van der Waals surface area contributed by atoms with Crippen LogP contribution >= 0.6 is 0 Å². The molecule has 9 aliphatic rings. The first kappa shape index (κ1) is 66.6. The van der Waals surface area contributed by atoms with Gasteiger partial charge in [0.25, 0.3) is 0 Å². The Labute approximate surface area is 489 Å². The molecule has 8 bridgehead atoms. The van der Waals surface area contributed by atoms with Crippen LogP contribution < -0.4 is 4.74 Å². The minimum Gasteiger partial charge on any atom is -0.465 e. The molecule has 448 valence electrons. The molecule has 9 fully saturated rings. The average Bonchev–Trinajstić information content (AvgIpc) is 3.90. The highest BCUT2D eigenvalue weighted by Crippen LogP contribution is 2.65. The number of benzene rings is 2. The van der Waals surface area contributed by atoms with Crippen LogP contribution in [0.4, 0.5) is 0 Å². The van der Waals surface area contributed by atoms with Gasteiger partial charge in [-0.25, -0.2) is 19.2 Å². The van der Waals surface area contributed by atoms with Crippen LogP contribution in [0.1, 0.15) is 204 Å². The summed E-state index contributed by atoms with van der Waals surface area (Å²) in [6.45, 7) is 46.3. The van der Waals surface area contributed by atoms with Gasteiger partial charge in [0.05, 0.1) is 0 Å². The third-order valence-corrected chi connectivity index (χ3v) is 19.1. The van der Waals surface area contributed by atoms with Crippen LogP contribution in [-0.2, 0) is 48.5 Å². The van der Waals surface area contributed by atoms with E-state index in [0.717, 1.165) is 59.3 Å². The Morgan fingerprint density at radius 3 is 1.42 bits per heavy atom. The number of rotatable bonds is 17. The minimum absolute atomic E-state index is 0.179. The summed E-state index contributed by atoms with van der Waals surface area (Å²) >= 11 is 0. The Morgan fingerprint density at radius 1 is 0.580 bits per heavy atom. The van der Waals surface area contributed by atoms with Crippen LogP contribution in [-0.4, -0.2) is 53.6 Å². The Bertz CT molecular complexity index is 2440. The molecule has 0 saturated heterocycles. The molecule has 9 saturated carbocycles. The maximum absolute atomic E-state index is 12.1. The fourth-order valence-corrected chi connectivity index (χ4v) is 15.1. The van der Waals surface area contributed by atoms with Gasteiger partial charge < -0.3 is 28.4 Å². The van der Waals surface area contributed by atoms with Crippen molar-refractivity contribution < 1.29 is 47.6 Å². The summed E-state index contributed by atoms with van der Waals surface area (Å²) in [5.74, 6) is 6.26. The highest BCUT2D eigenvalue weighted by Gasteiger charge is 2.61. The molecular formula is C71H104O10. The molecule has 0 aromatic heterocycles. The van der Waals surface area contributed by atoms with Gasteiger partial charge >= 0.3 is 23.9 Å². The summed E-state index contributed by atoms with van der Waals surface area (Å²) in [6, 6.07) is 17.4. The van der Waals surface area contributed by atoms with Crippen molar-refractivity contribution >= 4 is 30.0 Å². The van der Waals surface area contributed by atoms with Gasteiger partial charge in [-0.2, -0.15) is 0 Å². The third kappa shape index (κ3) is 17.0. The van der Waals surface area contributed by atoms with E-state index in [1.807, 2.05) is 82.3 Å². The van der Waals surface area contributed by atoms with Crippen LogP contribution in [0.5, 0.6) is 5.75 Å². The van der Waals surface area contributed by atoms with Gasteiger partial charge in [-0.1, -0.05) is 109 Å². The van der Waals surface area contributed by atoms with Gasteiger partial charge in [0.1, 0.15) is 28.2 Å². The van der Waals surface area contributed by atoms with E-state index in [4.69, 9.17) is 28.4 Å². The number of hydrogen-bond acceptors (Lipinski definition) is 10. The van der Waals surface area contributed by atoms with E-state index in [2.05, 4.69) is 74.4 Å². The smallest absolute Gasteiger partial charge is 0.333 e. The zero-order chi connectivity index (χ0) is 60.3. The molecule has 9 aliphatic carbocycles. The lowest BCUT2D eigenvalue weighted by atomic mass is 9.46. The summed E-state index contributed by atoms with van der Waals surface area (Å²) < 4.78 is 33.6. The maximum atomic E-state index is 12.1. The van der Waals surface area contributed by atoms with Crippen molar-refractivity contribution in [3.05, 3.63) is 121 Å². The first-order chi connectivity index (χ1) is 37.9. The van der Waals surface area contributed by atoms with Crippen LogP contribution in [0, 0.1) is 58.7 Å². The van der Waals surface area contributed by atoms with E-state index in [1.165, 1.54) is 83.5 Å². The summed E-state index contributed by atoms with van der Waals surface area (Å²) in [5, 5.41) is 0. The van der Waals surface area contributed by atoms with Crippen LogP contribution in [0.3, 0.4) is 0 Å². The molecule has 10 heteroatoms. The quantitative estimate of drug-likeness (QED) is 0.0654. The molecule has 11 rings (SSSR count). The number of hydrogen-bond donors (Lipinski definition) is 0. The largest absolute Gasteiger partial charge is 0.465 e. The third-order valence-electron chi connectivity index (χ3n) is 19.1. The van der Waals surface area contributed by atoms with E-state index in [0.29, 0.717) is 52.6 Å². The molecule has 0 spiro atoms. The van der Waals surface area contributed by atoms with E-state index < -0.39 is 5.60 Å². The standard InChI is InChI=1S/2C17H26O2.C13H16O2.C12H20O2.C12H16O2/c1-11(2)15(18)19-16(3,4)17-8-12-5-13(9-17)7-14(6-12)10-17;1-10(2)16(18)19-17(11(3)4)14-6-12-5-13(8-14)9-15(17)7-12;1-10(2)12(14)15-13(3,4)11-8-6-5-7-9-11;1-9(2)11(13)14-12(10(3)4)7-5-6-8-12;1-4-11-6-8-12(9-7-11)14-10(3)13-5-2/h12-14H,1,5-10H2,2-4H3;11-15H,1,5-9H2,2-4H3;5-9H,1H2,2-4H3;10H,1,5-8H2,2-4H3;4,6-10H,1,5H2,2-3H3. The van der Waals surface area contributed by atoms with Crippen LogP contribution in [0.2, 0.25) is 0 Å². The van der Waals surface area contributed by atoms with Crippen molar-refractivity contribution in [2.45, 2.75) is 222 Å². The number of carbonyl (C=O) groups excluding carboxylic acids is 4. The second kappa shape index (κ2) is 28.4. The molecule has 2 aromatic rings. The van der Waals surface area contributed by atoms with Gasteiger partial charge in [0.15, 0.2) is 6.29 Å². The predicted octanol–water partition coefficient (Wildman–Crippen LogP) is 17.3. The first-order valence-electron chi connectivity index (χ1n) is 30.5. The lowest BCUT2D eigenvalue weighted by Gasteiger charge is -2.61. The normalized spacial score (nSPS) is 27.2. The Kier molecular flexibility index (Phi) is 23.3. The molecule has 0 aliphatic heterocycles. The molecule has 0 amide bonds. The summed E-state index contributed by atoms with van der Waals surface area (Å²) in [5.41, 5.74) is 2.87. The first-order valence-corrected chi connectivity index (χ1v) is 30.5. The summed E-state index contributed by atoms with van der Waals surface area (Å²) in [4.78, 5) is 46.9. The topological polar surface area (TPSA) is 124 Å². The Balaban J connectivity index is 0.000000187. The second-order valence-electron chi connectivity index (χ2n) is 26.9. The number of carbonyl (C=O) groups is 4. The summed E-state index contributed by atoms with van der Waals surface area (Å²) in [6.07, 6.45) is 20.5. The van der Waals surface area contributed by atoms with Crippen molar-refractivity contribution in [3.8, 4) is 5.75 Å². The van der Waals surface area contributed by atoms with Crippen molar-refractivity contribution in [1.82, 2.24) is 0 Å². The van der Waals surface area contributed by atoms with Gasteiger partial charge in [-0.05, 0) is 242 Å². The zero-order valence-corrected chi connectivity index (χ0v) is 52.5. The molecular weight excluding hydrogens is 1010 g/mol. The number of ether oxygens (including phenoxy) is 6. The highest BCUT2D eigenvalue weighted by atomic mass is 16.7. The van der Waals surface area contributed by atoms with Crippen molar-refractivity contribution in [2.24, 2.45) is 58.7 Å². The monoisotopic (exact) mass is 1120 g/mol. The van der Waals surface area contributed by atoms with Gasteiger partial charge in [-0.15, -0.1) is 0 Å². The van der Waals surface area contributed by atoms with Gasteiger partial charge in [0.2, 0.25) is 0 Å². The highest BCUT2D eigenvalue weighted by molar-refractivity contribution is 5.88. The molecule has 10 nitrogen and oxygen atoms in total. The molecule has 0 N–H and O–H groups in total. The van der Waals surface area contributed by atoms with Crippen LogP contribution in [0.25, 0.3) is 6.08 Å². The minimum atomic E-state index is -0.614. The summed E-state index contributed by atoms with van der Waals surface area (Å²) in [7, 11) is 0. The van der Waals surface area contributed by atoms with Gasteiger partial charge in [-0.3, -0.25) is 0 Å². The molecule has 0 radical (unpaired) electrons. The van der Waals surface area contributed by atoms with Crippen molar-refractivity contribution in [2.75, 3.05) is 6.61 Å². The number of esters is 4. The SMILES string of the molecule is C=C(C)C(=O)OC(C)(C)C12CC3CC(CC(C3)C1)C2.C=C(C)C(=O)OC(C)(C)c1ccccc1.C=C(C)C(=O)OC1(C(C)C)C2CC3CC(C2)CC1C3.C=C(C)C(=O)OC1(C(C)C)CCCC1.C=Cc1ccc(OC(C)OCC)cc1. The van der Waals surface area contributed by atoms with Crippen LogP contribution in [0.15, 0.2) is 110 Å². The van der Waals surface area contributed by atoms with E-state index in [9.17, 15) is 19.2 Å². The molecule has 81 heavy (non-hydrogen) atoms. The van der Waals surface area contributed by atoms with E-state index in [1.54, 1.807) is 33.8 Å². The Morgan fingerprint density at radius 2 is 1.01 bits per heavy atom. The molecule has 0 heterocycles. The Hall–Kier alpha value is -5.22. The average molecular weight is 1120 g/mol. The molecule has 1 unspecified atom stereocenters. The second-order valence-corrected chi connectivity index (χ2v) is 26.9. The fourth-order valence-electron chi connectivity index (χ4n) is 15.1. The fraction of sp³-hybridized carbons (Fsp3) is 0.634. The maximum Gasteiger partial charge on any atom is 0.333 e. The molecule has 2 aromatic carbocycles. The van der Waals surface area contributed by atoms with E-state index >= 15 is 0 Å². The van der Waals surface area contributed by atoms with Crippen molar-refractivity contribution in [1.29, 1.82) is 0 Å². The predicted molar refractivity (Wildman–Crippen MR) is 327 cm³/mol.